The Balaban J connectivity index is 2.20. The zero-order valence-electron chi connectivity index (χ0n) is 11.0. The van der Waals surface area contributed by atoms with Crippen molar-refractivity contribution in [2.24, 2.45) is 0 Å². The number of carbonyl (C=O) groups excluding carboxylic acids is 1. The zero-order chi connectivity index (χ0) is 14.4. The van der Waals surface area contributed by atoms with Gasteiger partial charge in [-0.2, -0.15) is 0 Å². The highest BCUT2D eigenvalue weighted by atomic mass is 35.5. The van der Waals surface area contributed by atoms with Crippen molar-refractivity contribution < 1.29 is 9.90 Å². The number of hydrogen-bond acceptors (Lipinski definition) is 2. The van der Waals surface area contributed by atoms with Crippen molar-refractivity contribution in [2.75, 3.05) is 13.2 Å². The van der Waals surface area contributed by atoms with E-state index in [0.717, 1.165) is 5.56 Å². The van der Waals surface area contributed by atoms with Gasteiger partial charge in [-0.15, -0.1) is 0 Å². The van der Waals surface area contributed by atoms with Gasteiger partial charge < -0.3 is 10.0 Å². The number of nitrogens with zero attached hydrogens (tertiary/aromatic N) is 1. The van der Waals surface area contributed by atoms with Gasteiger partial charge in [-0.05, 0) is 17.7 Å². The van der Waals surface area contributed by atoms with Gasteiger partial charge in [0.15, 0.2) is 0 Å². The van der Waals surface area contributed by atoms with Crippen LogP contribution in [0.25, 0.3) is 0 Å². The Labute approximate surface area is 123 Å². The number of carbonyl (C=O) groups is 1. The quantitative estimate of drug-likeness (QED) is 0.919. The summed E-state index contributed by atoms with van der Waals surface area (Å²) in [6.07, 6.45) is 0. The lowest BCUT2D eigenvalue weighted by Gasteiger charge is -2.22. The Hall–Kier alpha value is -1.84. The van der Waals surface area contributed by atoms with Crippen LogP contribution in [-0.2, 0) is 6.54 Å². The molecule has 0 fully saturated rings. The molecular formula is C16H16ClNO2. The molecule has 0 atom stereocenters. The fourth-order valence-electron chi connectivity index (χ4n) is 1.98. The molecule has 2 rings (SSSR count). The molecular weight excluding hydrogens is 274 g/mol. The number of aliphatic hydroxyl groups excluding tert-OH is 1. The molecule has 0 saturated heterocycles. The lowest BCUT2D eigenvalue weighted by Crippen LogP contribution is -2.33. The zero-order valence-corrected chi connectivity index (χ0v) is 11.8. The monoisotopic (exact) mass is 289 g/mol. The number of halogens is 1. The smallest absolute Gasteiger partial charge is 0.255 e. The van der Waals surface area contributed by atoms with Crippen LogP contribution in [0.5, 0.6) is 0 Å². The van der Waals surface area contributed by atoms with E-state index < -0.39 is 0 Å². The van der Waals surface area contributed by atoms with Gasteiger partial charge in [-0.3, -0.25) is 4.79 Å². The molecule has 0 saturated carbocycles. The molecule has 1 N–H and O–H groups in total. The van der Waals surface area contributed by atoms with Crippen molar-refractivity contribution in [1.29, 1.82) is 0 Å². The predicted molar refractivity (Wildman–Crippen MR) is 79.7 cm³/mol. The fraction of sp³-hybridized carbons (Fsp3) is 0.188. The van der Waals surface area contributed by atoms with E-state index in [0.29, 0.717) is 17.1 Å². The van der Waals surface area contributed by atoms with Gasteiger partial charge >= 0.3 is 0 Å². The molecule has 0 unspecified atom stereocenters. The van der Waals surface area contributed by atoms with E-state index in [1.165, 1.54) is 0 Å². The summed E-state index contributed by atoms with van der Waals surface area (Å²) in [5.74, 6) is -0.173. The van der Waals surface area contributed by atoms with Gasteiger partial charge in [-0.25, -0.2) is 0 Å². The first-order valence-corrected chi connectivity index (χ1v) is 6.78. The standard InChI is InChI=1S/C16H16ClNO2/c17-15-9-5-4-8-14(15)16(20)18(10-11-19)12-13-6-2-1-3-7-13/h1-9,19H,10-12H2. The Morgan fingerprint density at radius 3 is 2.35 bits per heavy atom. The maximum Gasteiger partial charge on any atom is 0.255 e. The van der Waals surface area contributed by atoms with E-state index >= 15 is 0 Å². The van der Waals surface area contributed by atoms with Crippen LogP contribution in [0.4, 0.5) is 0 Å². The topological polar surface area (TPSA) is 40.5 Å². The van der Waals surface area contributed by atoms with Crippen molar-refractivity contribution >= 4 is 17.5 Å². The van der Waals surface area contributed by atoms with Gasteiger partial charge in [0.05, 0.1) is 17.2 Å². The number of amides is 1. The lowest BCUT2D eigenvalue weighted by molar-refractivity contribution is 0.0708. The second kappa shape index (κ2) is 7.08. The van der Waals surface area contributed by atoms with E-state index in [9.17, 15) is 4.79 Å². The van der Waals surface area contributed by atoms with Crippen LogP contribution in [0.2, 0.25) is 5.02 Å². The van der Waals surface area contributed by atoms with Crippen LogP contribution in [0, 0.1) is 0 Å². The minimum absolute atomic E-state index is 0.0803. The van der Waals surface area contributed by atoms with Gasteiger partial charge in [0.25, 0.3) is 5.91 Å². The molecule has 0 spiro atoms. The van der Waals surface area contributed by atoms with Crippen LogP contribution in [0.15, 0.2) is 54.6 Å². The molecule has 0 aromatic heterocycles. The van der Waals surface area contributed by atoms with Crippen molar-refractivity contribution in [1.82, 2.24) is 4.90 Å². The molecule has 0 aliphatic heterocycles. The normalized spacial score (nSPS) is 10.3. The van der Waals surface area contributed by atoms with Crippen molar-refractivity contribution in [3.63, 3.8) is 0 Å². The highest BCUT2D eigenvalue weighted by molar-refractivity contribution is 6.33. The maximum absolute atomic E-state index is 12.5. The average molecular weight is 290 g/mol. The van der Waals surface area contributed by atoms with E-state index in [1.807, 2.05) is 30.3 Å². The number of rotatable bonds is 5. The summed E-state index contributed by atoms with van der Waals surface area (Å²) in [7, 11) is 0. The first-order valence-electron chi connectivity index (χ1n) is 6.41. The number of aliphatic hydroxyl groups is 1. The molecule has 0 aliphatic rings. The Morgan fingerprint density at radius 2 is 1.70 bits per heavy atom. The molecule has 3 nitrogen and oxygen atoms in total. The first kappa shape index (κ1) is 14.6. The van der Waals surface area contributed by atoms with Gasteiger partial charge in [0, 0.05) is 13.1 Å². The number of hydrogen-bond donors (Lipinski definition) is 1. The second-order valence-electron chi connectivity index (χ2n) is 4.42. The minimum Gasteiger partial charge on any atom is -0.395 e. The van der Waals surface area contributed by atoms with E-state index in [4.69, 9.17) is 16.7 Å². The highest BCUT2D eigenvalue weighted by Crippen LogP contribution is 2.18. The average Bonchev–Trinajstić information content (AvgIpc) is 2.48. The predicted octanol–water partition coefficient (Wildman–Crippen LogP) is 2.97. The summed E-state index contributed by atoms with van der Waals surface area (Å²) in [5, 5.41) is 9.58. The van der Waals surface area contributed by atoms with Crippen LogP contribution in [0.3, 0.4) is 0 Å². The molecule has 2 aromatic carbocycles. The highest BCUT2D eigenvalue weighted by Gasteiger charge is 2.17. The summed E-state index contributed by atoms with van der Waals surface area (Å²) in [6.45, 7) is 0.646. The third-order valence-corrected chi connectivity index (χ3v) is 3.31. The third-order valence-electron chi connectivity index (χ3n) is 2.98. The van der Waals surface area contributed by atoms with Gasteiger partial charge in [0.2, 0.25) is 0 Å². The fourth-order valence-corrected chi connectivity index (χ4v) is 2.20. The van der Waals surface area contributed by atoms with Crippen molar-refractivity contribution in [3.05, 3.63) is 70.7 Å². The van der Waals surface area contributed by atoms with Gasteiger partial charge in [0.1, 0.15) is 0 Å². The second-order valence-corrected chi connectivity index (χ2v) is 4.82. The van der Waals surface area contributed by atoms with Crippen molar-refractivity contribution in [3.8, 4) is 0 Å². The summed E-state index contributed by atoms with van der Waals surface area (Å²) in [5.41, 5.74) is 1.47. The van der Waals surface area contributed by atoms with Crippen molar-refractivity contribution in [2.45, 2.75) is 6.54 Å². The molecule has 0 aliphatic carbocycles. The number of benzene rings is 2. The van der Waals surface area contributed by atoms with Crippen LogP contribution >= 0.6 is 11.6 Å². The SMILES string of the molecule is O=C(c1ccccc1Cl)N(CCO)Cc1ccccc1. The summed E-state index contributed by atoms with van der Waals surface area (Å²) in [4.78, 5) is 14.1. The molecule has 2 aromatic rings. The Kier molecular flexibility index (Phi) is 5.16. The van der Waals surface area contributed by atoms with E-state index in [-0.39, 0.29) is 19.1 Å². The summed E-state index contributed by atoms with van der Waals surface area (Å²) < 4.78 is 0. The molecule has 0 heterocycles. The van der Waals surface area contributed by atoms with Gasteiger partial charge in [-0.1, -0.05) is 54.1 Å². The summed E-state index contributed by atoms with van der Waals surface area (Å²) >= 11 is 6.06. The molecule has 104 valence electrons. The van der Waals surface area contributed by atoms with E-state index in [1.54, 1.807) is 29.2 Å². The molecule has 0 bridgehead atoms. The van der Waals surface area contributed by atoms with Crippen LogP contribution in [0.1, 0.15) is 15.9 Å². The molecule has 4 heteroatoms. The third kappa shape index (κ3) is 3.59. The van der Waals surface area contributed by atoms with Crippen LogP contribution in [-0.4, -0.2) is 29.1 Å². The molecule has 0 radical (unpaired) electrons. The Morgan fingerprint density at radius 1 is 1.05 bits per heavy atom. The minimum atomic E-state index is -0.173. The lowest BCUT2D eigenvalue weighted by atomic mass is 10.1. The molecule has 1 amide bonds. The molecule has 20 heavy (non-hydrogen) atoms. The Bertz CT molecular complexity index is 572. The largest absolute Gasteiger partial charge is 0.395 e. The first-order chi connectivity index (χ1) is 9.72. The maximum atomic E-state index is 12.5. The van der Waals surface area contributed by atoms with Crippen LogP contribution < -0.4 is 0 Å². The van der Waals surface area contributed by atoms with E-state index in [2.05, 4.69) is 0 Å². The summed E-state index contributed by atoms with van der Waals surface area (Å²) in [6, 6.07) is 16.6.